The van der Waals surface area contributed by atoms with E-state index in [2.05, 4.69) is 204 Å². The van der Waals surface area contributed by atoms with E-state index >= 15 is 0 Å². The fraction of sp³-hybridized carbons (Fsp3) is 0.186. The van der Waals surface area contributed by atoms with Crippen LogP contribution >= 0.6 is 11.3 Å². The number of aromatic nitrogens is 1. The monoisotopic (exact) mass is 842 g/mol. The Labute approximate surface area is 377 Å². The van der Waals surface area contributed by atoms with E-state index in [4.69, 9.17) is 4.42 Å². The van der Waals surface area contributed by atoms with E-state index in [1.165, 1.54) is 114 Å². The number of anilines is 2. The fourth-order valence-electron chi connectivity index (χ4n) is 11.9. The van der Waals surface area contributed by atoms with E-state index in [1.54, 1.807) is 0 Å². The van der Waals surface area contributed by atoms with Crippen LogP contribution in [-0.2, 0) is 16.2 Å². The Hall–Kier alpha value is -6.56. The average molecular weight is 843 g/mol. The lowest BCUT2D eigenvalue weighted by molar-refractivity contribution is 0.589. The van der Waals surface area contributed by atoms with Crippen LogP contribution in [0, 0.1) is 0 Å². The largest absolute Gasteiger partial charge is 0.456 e. The van der Waals surface area contributed by atoms with E-state index in [0.717, 1.165) is 21.9 Å². The predicted molar refractivity (Wildman–Crippen MR) is 275 cm³/mol. The minimum Gasteiger partial charge on any atom is -0.456 e. The summed E-state index contributed by atoms with van der Waals surface area (Å²) in [6.45, 7) is 18.7. The Kier molecular flexibility index (Phi) is 6.89. The van der Waals surface area contributed by atoms with Crippen LogP contribution in [0.5, 0.6) is 0 Å². The van der Waals surface area contributed by atoms with Crippen molar-refractivity contribution in [3.05, 3.63) is 162 Å². The van der Waals surface area contributed by atoms with Gasteiger partial charge in [0.05, 0.1) is 11.0 Å². The summed E-state index contributed by atoms with van der Waals surface area (Å²) in [6.07, 6.45) is 0. The van der Waals surface area contributed by atoms with Crippen LogP contribution in [0.25, 0.3) is 91.9 Å². The maximum absolute atomic E-state index is 6.73. The number of thiophene rings is 1. The normalized spacial score (nSPS) is 14.9. The molecule has 0 atom stereocenters. The molecule has 11 aromatic rings. The predicted octanol–water partition coefficient (Wildman–Crippen LogP) is 15.2. The van der Waals surface area contributed by atoms with Crippen molar-refractivity contribution in [3.8, 4) is 27.9 Å². The highest BCUT2D eigenvalue weighted by atomic mass is 32.1. The lowest BCUT2D eigenvalue weighted by Crippen LogP contribution is -2.60. The number of benzene rings is 8. The van der Waals surface area contributed by atoms with E-state index in [1.807, 2.05) is 11.3 Å². The molecule has 3 nitrogen and oxygen atoms in total. The molecule has 5 heterocycles. The molecular formula is C59H47BN2OS. The van der Waals surface area contributed by atoms with Crippen molar-refractivity contribution in [3.63, 3.8) is 0 Å². The van der Waals surface area contributed by atoms with Crippen LogP contribution < -0.4 is 15.7 Å². The Morgan fingerprint density at radius 3 is 2.05 bits per heavy atom. The van der Waals surface area contributed by atoms with Crippen LogP contribution in [-0.4, -0.2) is 11.4 Å². The van der Waals surface area contributed by atoms with Gasteiger partial charge in [0.25, 0.3) is 0 Å². The van der Waals surface area contributed by atoms with Gasteiger partial charge in [0, 0.05) is 75.8 Å². The van der Waals surface area contributed by atoms with Gasteiger partial charge in [-0.3, -0.25) is 0 Å². The topological polar surface area (TPSA) is 21.3 Å². The van der Waals surface area contributed by atoms with Gasteiger partial charge < -0.3 is 13.8 Å². The third kappa shape index (κ3) is 4.68. The second kappa shape index (κ2) is 12.0. The molecule has 0 saturated carbocycles. The summed E-state index contributed by atoms with van der Waals surface area (Å²) in [5.74, 6) is 0. The number of hydrogen-bond acceptors (Lipinski definition) is 3. The van der Waals surface area contributed by atoms with Gasteiger partial charge in [-0.2, -0.15) is 0 Å². The lowest BCUT2D eigenvalue weighted by Gasteiger charge is -2.42. The summed E-state index contributed by atoms with van der Waals surface area (Å²) in [5, 5.41) is 7.54. The molecule has 8 aromatic carbocycles. The lowest BCUT2D eigenvalue weighted by atomic mass is 9.44. The number of hydrogen-bond donors (Lipinski definition) is 0. The van der Waals surface area contributed by atoms with Gasteiger partial charge in [0.1, 0.15) is 11.2 Å². The van der Waals surface area contributed by atoms with E-state index in [-0.39, 0.29) is 23.1 Å². The molecule has 5 heteroatoms. The SMILES string of the molecule is CC(C)(C)c1ccc(N2B3c4cc5c(cc4-n4c6cc7sc8ccccc8c7cc6c6ccc(c3c64)-c3cc4c(cc32)C(C)(C)c2ccc(C(C)(C)C)cc2-4)oc2ccccc25)cc1. The molecule has 3 aromatic heterocycles. The van der Waals surface area contributed by atoms with Gasteiger partial charge in [-0.05, 0) is 109 Å². The number of fused-ring (bicyclic) bond motifs is 17. The molecular weight excluding hydrogens is 796 g/mol. The van der Waals surface area contributed by atoms with Crippen LogP contribution in [0.2, 0.25) is 0 Å². The molecule has 0 saturated heterocycles. The Bertz CT molecular complexity index is 3900. The Morgan fingerprint density at radius 1 is 0.516 bits per heavy atom. The van der Waals surface area contributed by atoms with Crippen molar-refractivity contribution < 1.29 is 4.42 Å². The Balaban J connectivity index is 1.14. The minimum atomic E-state index is -0.169. The first-order chi connectivity index (χ1) is 30.7. The molecule has 2 aliphatic heterocycles. The standard InChI is InChI=1S/C59H47BN2OS/c1-57(2,3)32-17-20-34(21-18-32)62-49-29-46-40(39-25-33(58(4,5)6)19-24-45(39)59(46,7)8)26-41(49)37-22-23-38-42-27-44-36-14-10-12-16-53(36)64-54(44)31-48(42)61-50-30-52-43(35-13-9-11-15-51(35)63-52)28-47(50)60(62)55(37)56(38)61/h9-31H,1-8H3. The first-order valence-corrected chi connectivity index (χ1v) is 23.7. The number of rotatable bonds is 1. The number of nitrogens with zero attached hydrogens (tertiary/aromatic N) is 2. The summed E-state index contributed by atoms with van der Waals surface area (Å²) in [4.78, 5) is 2.70. The molecule has 0 amide bonds. The third-order valence-corrected chi connectivity index (χ3v) is 16.4. The summed E-state index contributed by atoms with van der Waals surface area (Å²) in [5.41, 5.74) is 21.4. The van der Waals surface area contributed by atoms with Crippen molar-refractivity contribution in [1.29, 1.82) is 0 Å². The summed E-state index contributed by atoms with van der Waals surface area (Å²) in [6, 6.07) is 53.9. The zero-order valence-electron chi connectivity index (χ0n) is 37.6. The van der Waals surface area contributed by atoms with Gasteiger partial charge in [-0.25, -0.2) is 0 Å². The van der Waals surface area contributed by atoms with Crippen LogP contribution in [0.3, 0.4) is 0 Å². The summed E-state index contributed by atoms with van der Waals surface area (Å²) >= 11 is 1.89. The van der Waals surface area contributed by atoms with Crippen molar-refractivity contribution in [2.24, 2.45) is 0 Å². The molecule has 0 N–H and O–H groups in total. The number of furan rings is 1. The maximum atomic E-state index is 6.73. The van der Waals surface area contributed by atoms with Gasteiger partial charge in [-0.1, -0.05) is 140 Å². The number of para-hydroxylation sites is 1. The van der Waals surface area contributed by atoms with Crippen molar-refractivity contribution in [1.82, 2.24) is 4.57 Å². The molecule has 64 heavy (non-hydrogen) atoms. The van der Waals surface area contributed by atoms with Gasteiger partial charge in [0.2, 0.25) is 0 Å². The first kappa shape index (κ1) is 36.9. The second-order valence-electron chi connectivity index (χ2n) is 21.3. The third-order valence-electron chi connectivity index (χ3n) is 15.3. The molecule has 0 unspecified atom stereocenters. The van der Waals surface area contributed by atoms with Crippen LogP contribution in [0.1, 0.15) is 77.6 Å². The smallest absolute Gasteiger partial charge is 0.333 e. The van der Waals surface area contributed by atoms with E-state index < -0.39 is 0 Å². The molecule has 0 spiro atoms. The molecule has 3 aliphatic rings. The van der Waals surface area contributed by atoms with Gasteiger partial charge in [-0.15, -0.1) is 11.3 Å². The second-order valence-corrected chi connectivity index (χ2v) is 22.4. The zero-order valence-corrected chi connectivity index (χ0v) is 38.4. The molecule has 0 radical (unpaired) electrons. The highest BCUT2D eigenvalue weighted by molar-refractivity contribution is 7.25. The molecule has 0 bridgehead atoms. The van der Waals surface area contributed by atoms with Crippen molar-refractivity contribution in [2.75, 3.05) is 4.81 Å². The highest BCUT2D eigenvalue weighted by Crippen LogP contribution is 2.55. The minimum absolute atomic E-state index is 0.0328. The quantitative estimate of drug-likeness (QED) is 0.154. The van der Waals surface area contributed by atoms with Crippen LogP contribution in [0.15, 0.2) is 144 Å². The summed E-state index contributed by atoms with van der Waals surface area (Å²) < 4.78 is 12.0. The molecule has 308 valence electrons. The van der Waals surface area contributed by atoms with Crippen molar-refractivity contribution >= 4 is 104 Å². The van der Waals surface area contributed by atoms with E-state index in [9.17, 15) is 0 Å². The zero-order chi connectivity index (χ0) is 43.3. The Morgan fingerprint density at radius 2 is 1.25 bits per heavy atom. The first-order valence-electron chi connectivity index (χ1n) is 22.9. The van der Waals surface area contributed by atoms with E-state index in [0.29, 0.717) is 0 Å². The molecule has 14 rings (SSSR count). The molecule has 1 aliphatic carbocycles. The van der Waals surface area contributed by atoms with Crippen molar-refractivity contribution in [2.45, 2.75) is 71.6 Å². The average Bonchev–Trinajstić information content (AvgIpc) is 3.99. The van der Waals surface area contributed by atoms with Gasteiger partial charge >= 0.3 is 6.85 Å². The van der Waals surface area contributed by atoms with Crippen LogP contribution in [0.4, 0.5) is 11.4 Å². The highest BCUT2D eigenvalue weighted by Gasteiger charge is 2.46. The van der Waals surface area contributed by atoms with Gasteiger partial charge in [0.15, 0.2) is 0 Å². The molecule has 0 fully saturated rings. The maximum Gasteiger partial charge on any atom is 0.333 e. The fourth-order valence-corrected chi connectivity index (χ4v) is 13.1. The summed E-state index contributed by atoms with van der Waals surface area (Å²) in [7, 11) is 0.